The summed E-state index contributed by atoms with van der Waals surface area (Å²) in [5.41, 5.74) is 4.84. The van der Waals surface area contributed by atoms with Crippen molar-refractivity contribution in [1.82, 2.24) is 19.5 Å². The van der Waals surface area contributed by atoms with E-state index in [4.69, 9.17) is 10.1 Å². The zero-order valence-electron chi connectivity index (χ0n) is 21.0. The molecule has 1 aromatic carbocycles. The summed E-state index contributed by atoms with van der Waals surface area (Å²) in [6.45, 7) is 10.5. The molecule has 184 valence electrons. The summed E-state index contributed by atoms with van der Waals surface area (Å²) in [6, 6.07) is 7.48. The largest absolute Gasteiger partial charge is 0.356 e. The molecule has 0 saturated carbocycles. The van der Waals surface area contributed by atoms with Crippen LogP contribution in [0.1, 0.15) is 72.8 Å². The van der Waals surface area contributed by atoms with Crippen LogP contribution < -0.4 is 10.2 Å². The number of likely N-dealkylation sites (tertiary alicyclic amines) is 1. The fraction of sp³-hybridized carbons (Fsp3) is 0.481. The number of nitrogens with one attached hydrogen (secondary N) is 1. The van der Waals surface area contributed by atoms with Gasteiger partial charge in [0.15, 0.2) is 5.65 Å². The molecule has 0 aliphatic carbocycles. The number of anilines is 2. The van der Waals surface area contributed by atoms with Gasteiger partial charge in [0.05, 0.1) is 23.0 Å². The van der Waals surface area contributed by atoms with Crippen molar-refractivity contribution in [3.05, 3.63) is 52.8 Å². The molecule has 0 radical (unpaired) electrons. The summed E-state index contributed by atoms with van der Waals surface area (Å²) >= 11 is 0. The van der Waals surface area contributed by atoms with Crippen LogP contribution in [0.5, 0.6) is 0 Å². The van der Waals surface area contributed by atoms with Crippen LogP contribution in [0.3, 0.4) is 0 Å². The lowest BCUT2D eigenvalue weighted by Crippen LogP contribution is -2.39. The summed E-state index contributed by atoms with van der Waals surface area (Å²) in [5, 5.41) is 7.68. The number of hydrogen-bond acceptors (Lipinski definition) is 5. The average Bonchev–Trinajstić information content (AvgIpc) is 3.44. The molecular weight excluding hydrogens is 440 g/mol. The molecule has 0 spiro atoms. The minimum atomic E-state index is -0.192. The van der Waals surface area contributed by atoms with Crippen molar-refractivity contribution in [3.8, 4) is 0 Å². The van der Waals surface area contributed by atoms with E-state index in [-0.39, 0.29) is 17.9 Å². The lowest BCUT2D eigenvalue weighted by molar-refractivity contribution is -0.114. The second-order valence-electron chi connectivity index (χ2n) is 10.2. The molecule has 2 atom stereocenters. The molecule has 3 aromatic rings. The summed E-state index contributed by atoms with van der Waals surface area (Å²) < 4.78 is 1.85. The molecule has 1 N–H and O–H groups in total. The number of rotatable bonds is 4. The molecule has 2 aliphatic rings. The number of piperidine rings is 1. The molecule has 2 fully saturated rings. The van der Waals surface area contributed by atoms with Crippen LogP contribution in [0.2, 0.25) is 0 Å². The number of nitrogens with zero attached hydrogens (tertiary/aromatic N) is 5. The monoisotopic (exact) mass is 474 g/mol. The van der Waals surface area contributed by atoms with Gasteiger partial charge in [0.2, 0.25) is 5.91 Å². The predicted molar refractivity (Wildman–Crippen MR) is 137 cm³/mol. The summed E-state index contributed by atoms with van der Waals surface area (Å²) in [6.07, 6.45) is 6.08. The smallest absolute Gasteiger partial charge is 0.256 e. The SMILES string of the molecule is CC(=O)Nc1ccc(C)cc1C(=O)N1CCCCC1c1cc2nc(N3CCC(C)C3)c(C)cn2n1. The number of carbonyl (C=O) groups is 2. The first-order valence-electron chi connectivity index (χ1n) is 12.6. The zero-order chi connectivity index (χ0) is 24.7. The maximum Gasteiger partial charge on any atom is 0.256 e. The fourth-order valence-electron chi connectivity index (χ4n) is 5.40. The van der Waals surface area contributed by atoms with Gasteiger partial charge in [-0.1, -0.05) is 18.6 Å². The molecule has 2 aliphatic heterocycles. The minimum Gasteiger partial charge on any atom is -0.356 e. The number of fused-ring (bicyclic) bond motifs is 1. The molecule has 4 heterocycles. The summed E-state index contributed by atoms with van der Waals surface area (Å²) in [4.78, 5) is 34.8. The summed E-state index contributed by atoms with van der Waals surface area (Å²) in [5.74, 6) is 1.45. The van der Waals surface area contributed by atoms with Crippen molar-refractivity contribution >= 4 is 29.0 Å². The first kappa shape index (κ1) is 23.3. The van der Waals surface area contributed by atoms with Crippen molar-refractivity contribution in [3.63, 3.8) is 0 Å². The first-order chi connectivity index (χ1) is 16.8. The van der Waals surface area contributed by atoms with Crippen LogP contribution in [0.25, 0.3) is 5.65 Å². The number of carbonyl (C=O) groups excluding carboxylic acids is 2. The van der Waals surface area contributed by atoms with Crippen LogP contribution in [0, 0.1) is 19.8 Å². The molecule has 35 heavy (non-hydrogen) atoms. The Morgan fingerprint density at radius 1 is 1.09 bits per heavy atom. The first-order valence-corrected chi connectivity index (χ1v) is 12.6. The van der Waals surface area contributed by atoms with Crippen LogP contribution >= 0.6 is 0 Å². The van der Waals surface area contributed by atoms with E-state index in [0.717, 1.165) is 60.6 Å². The Labute approximate surface area is 206 Å². The Hall–Kier alpha value is -3.42. The highest BCUT2D eigenvalue weighted by Crippen LogP contribution is 2.34. The number of hydrogen-bond donors (Lipinski definition) is 1. The Balaban J connectivity index is 1.48. The third kappa shape index (κ3) is 4.61. The fourth-order valence-corrected chi connectivity index (χ4v) is 5.40. The van der Waals surface area contributed by atoms with Crippen LogP contribution in [0.4, 0.5) is 11.5 Å². The molecule has 8 heteroatoms. The minimum absolute atomic E-state index is 0.0740. The van der Waals surface area contributed by atoms with Gasteiger partial charge < -0.3 is 15.1 Å². The highest BCUT2D eigenvalue weighted by Gasteiger charge is 2.32. The molecule has 2 amide bonds. The second kappa shape index (κ2) is 9.32. The Kier molecular flexibility index (Phi) is 6.21. The van der Waals surface area contributed by atoms with E-state index in [1.807, 2.05) is 34.5 Å². The molecule has 0 bridgehead atoms. The Morgan fingerprint density at radius 2 is 1.91 bits per heavy atom. The van der Waals surface area contributed by atoms with Gasteiger partial charge in [-0.3, -0.25) is 9.59 Å². The Bertz CT molecular complexity index is 1280. The quantitative estimate of drug-likeness (QED) is 0.601. The predicted octanol–water partition coefficient (Wildman–Crippen LogP) is 4.52. The number of amides is 2. The van der Waals surface area contributed by atoms with E-state index in [1.54, 1.807) is 6.07 Å². The van der Waals surface area contributed by atoms with Gasteiger partial charge in [-0.15, -0.1) is 0 Å². The second-order valence-corrected chi connectivity index (χ2v) is 10.2. The molecule has 8 nitrogen and oxygen atoms in total. The van der Waals surface area contributed by atoms with E-state index in [2.05, 4.69) is 30.3 Å². The van der Waals surface area contributed by atoms with Crippen molar-refractivity contribution in [2.24, 2.45) is 5.92 Å². The lowest BCUT2D eigenvalue weighted by Gasteiger charge is -2.35. The Morgan fingerprint density at radius 3 is 2.66 bits per heavy atom. The van der Waals surface area contributed by atoms with E-state index < -0.39 is 0 Å². The highest BCUT2D eigenvalue weighted by atomic mass is 16.2. The third-order valence-electron chi connectivity index (χ3n) is 7.17. The van der Waals surface area contributed by atoms with Crippen LogP contribution in [-0.4, -0.2) is 50.9 Å². The number of aromatic nitrogens is 3. The topological polar surface area (TPSA) is 82.8 Å². The number of aryl methyl sites for hydroxylation is 2. The normalized spacial score (nSPS) is 20.5. The van der Waals surface area contributed by atoms with Gasteiger partial charge in [0, 0.05) is 44.4 Å². The zero-order valence-corrected chi connectivity index (χ0v) is 21.0. The van der Waals surface area contributed by atoms with E-state index in [0.29, 0.717) is 23.7 Å². The summed E-state index contributed by atoms with van der Waals surface area (Å²) in [7, 11) is 0. The van der Waals surface area contributed by atoms with Crippen molar-refractivity contribution in [2.75, 3.05) is 29.9 Å². The van der Waals surface area contributed by atoms with Crippen LogP contribution in [-0.2, 0) is 4.79 Å². The van der Waals surface area contributed by atoms with Crippen molar-refractivity contribution < 1.29 is 9.59 Å². The van der Waals surface area contributed by atoms with Gasteiger partial charge in [-0.25, -0.2) is 9.50 Å². The molecule has 2 aromatic heterocycles. The van der Waals surface area contributed by atoms with Gasteiger partial charge in [0.25, 0.3) is 5.91 Å². The van der Waals surface area contributed by atoms with Crippen LogP contribution in [0.15, 0.2) is 30.5 Å². The van der Waals surface area contributed by atoms with Crippen molar-refractivity contribution in [1.29, 1.82) is 0 Å². The van der Waals surface area contributed by atoms with E-state index in [1.165, 1.54) is 13.3 Å². The third-order valence-corrected chi connectivity index (χ3v) is 7.17. The van der Waals surface area contributed by atoms with E-state index in [9.17, 15) is 9.59 Å². The number of benzene rings is 1. The maximum atomic E-state index is 13.8. The lowest BCUT2D eigenvalue weighted by atomic mass is 9.97. The molecular formula is C27H34N6O2. The molecule has 2 saturated heterocycles. The van der Waals surface area contributed by atoms with E-state index >= 15 is 0 Å². The molecule has 2 unspecified atom stereocenters. The van der Waals surface area contributed by atoms with Gasteiger partial charge >= 0.3 is 0 Å². The van der Waals surface area contributed by atoms with Gasteiger partial charge in [0.1, 0.15) is 5.82 Å². The average molecular weight is 475 g/mol. The van der Waals surface area contributed by atoms with Crippen molar-refractivity contribution in [2.45, 2.75) is 59.4 Å². The van der Waals surface area contributed by atoms with Gasteiger partial charge in [-0.05, 0) is 57.6 Å². The maximum absolute atomic E-state index is 13.8. The molecule has 5 rings (SSSR count). The van der Waals surface area contributed by atoms with Gasteiger partial charge in [-0.2, -0.15) is 5.10 Å². The highest BCUT2D eigenvalue weighted by molar-refractivity contribution is 6.03. The standard InChI is InChI=1S/C27H34N6O2/c1-17-8-9-22(28-20(4)34)21(13-17)27(35)32-11-6-5-7-24(32)23-14-25-29-26(19(3)16-33(25)30-23)31-12-10-18(2)15-31/h8-9,13-14,16,18,24H,5-7,10-12,15H2,1-4H3,(H,28,34).